The van der Waals surface area contributed by atoms with Gasteiger partial charge in [-0.1, -0.05) is 25.0 Å². The molecule has 3 aliphatic rings. The SMILES string of the molecule is Nc1c(F)c(NCCNC2=NS(=O)(=O)c3ccccc32)c2c3c1c(=O)c(C(=O)O)cn3C1(CCCC1)CO2. The number of halogens is 1. The summed E-state index contributed by atoms with van der Waals surface area (Å²) >= 11 is 0. The summed E-state index contributed by atoms with van der Waals surface area (Å²) in [5.74, 6) is -2.05. The third-order valence-electron chi connectivity index (χ3n) is 7.49. The van der Waals surface area contributed by atoms with Crippen LogP contribution in [0.25, 0.3) is 10.9 Å². The molecule has 0 amide bonds. The van der Waals surface area contributed by atoms with Crippen LogP contribution < -0.4 is 26.5 Å². The number of aromatic nitrogens is 1. The fourth-order valence-corrected chi connectivity index (χ4v) is 6.87. The van der Waals surface area contributed by atoms with E-state index in [2.05, 4.69) is 15.0 Å². The van der Waals surface area contributed by atoms with Gasteiger partial charge >= 0.3 is 5.97 Å². The molecule has 3 heterocycles. The van der Waals surface area contributed by atoms with Gasteiger partial charge in [0.05, 0.1) is 22.1 Å². The number of anilines is 2. The molecule has 2 aromatic carbocycles. The molecule has 38 heavy (non-hydrogen) atoms. The second kappa shape index (κ2) is 8.45. The Kier molecular flexibility index (Phi) is 5.38. The standard InChI is InChI=1S/C25H24FN5O6S/c26-17-18(27)16-20-22(37-12-25(7-3-4-8-25)31(20)11-14(21(16)32)24(33)34)19(17)28-9-10-29-23-13-5-1-2-6-15(13)38(35,36)30-23/h1-2,5-6,11,28H,3-4,7-10,12,27H2,(H,29,30)(H,33,34). The summed E-state index contributed by atoms with van der Waals surface area (Å²) in [6, 6.07) is 6.44. The molecule has 1 saturated carbocycles. The highest BCUT2D eigenvalue weighted by molar-refractivity contribution is 7.90. The Balaban J connectivity index is 1.36. The Bertz CT molecular complexity index is 1730. The van der Waals surface area contributed by atoms with Crippen molar-refractivity contribution in [2.45, 2.75) is 36.1 Å². The number of nitrogens with zero attached hydrogens (tertiary/aromatic N) is 2. The van der Waals surface area contributed by atoms with Gasteiger partial charge in [-0.2, -0.15) is 8.42 Å². The molecular formula is C25H24FN5O6S. The van der Waals surface area contributed by atoms with Gasteiger partial charge in [-0.05, 0) is 25.0 Å². The number of hydrogen-bond acceptors (Lipinski definition) is 8. The van der Waals surface area contributed by atoms with Crippen LogP contribution in [-0.2, 0) is 15.6 Å². The quantitative estimate of drug-likeness (QED) is 0.280. The zero-order valence-corrected chi connectivity index (χ0v) is 20.9. The highest BCUT2D eigenvalue weighted by Gasteiger charge is 2.43. The maximum absolute atomic E-state index is 15.6. The molecule has 0 radical (unpaired) electrons. The predicted molar refractivity (Wildman–Crippen MR) is 138 cm³/mol. The average molecular weight is 542 g/mol. The summed E-state index contributed by atoms with van der Waals surface area (Å²) in [5.41, 5.74) is 4.42. The van der Waals surface area contributed by atoms with Crippen LogP contribution in [0.5, 0.6) is 5.75 Å². The zero-order chi connectivity index (χ0) is 26.8. The van der Waals surface area contributed by atoms with Crippen LogP contribution in [0, 0.1) is 5.82 Å². The van der Waals surface area contributed by atoms with Gasteiger partial charge < -0.3 is 30.8 Å². The van der Waals surface area contributed by atoms with Gasteiger partial charge in [-0.3, -0.25) is 4.79 Å². The van der Waals surface area contributed by atoms with Gasteiger partial charge in [-0.25, -0.2) is 9.18 Å². The number of carboxylic acids is 1. The van der Waals surface area contributed by atoms with Crippen molar-refractivity contribution in [3.05, 3.63) is 57.6 Å². The van der Waals surface area contributed by atoms with Crippen LogP contribution in [0.4, 0.5) is 15.8 Å². The number of ether oxygens (including phenoxy) is 1. The first-order chi connectivity index (χ1) is 18.1. The van der Waals surface area contributed by atoms with Gasteiger partial charge in [0, 0.05) is 24.8 Å². The largest absolute Gasteiger partial charge is 0.487 e. The van der Waals surface area contributed by atoms with Crippen molar-refractivity contribution < 1.29 is 27.4 Å². The molecule has 1 fully saturated rings. The predicted octanol–water partition coefficient (Wildman–Crippen LogP) is 2.23. The number of nitrogens with one attached hydrogen (secondary N) is 2. The molecule has 1 spiro atoms. The molecule has 1 aliphatic carbocycles. The Hall–Kier alpha value is -4.13. The lowest BCUT2D eigenvalue weighted by molar-refractivity contribution is 0.0692. The van der Waals surface area contributed by atoms with E-state index in [1.54, 1.807) is 22.8 Å². The number of carboxylic acid groups (broad SMARTS) is 1. The van der Waals surface area contributed by atoms with E-state index in [4.69, 9.17) is 10.5 Å². The van der Waals surface area contributed by atoms with Crippen molar-refractivity contribution in [2.24, 2.45) is 4.40 Å². The first kappa shape index (κ1) is 24.2. The summed E-state index contributed by atoms with van der Waals surface area (Å²) in [7, 11) is -3.78. The van der Waals surface area contributed by atoms with Gasteiger partial charge in [0.25, 0.3) is 10.0 Å². The van der Waals surface area contributed by atoms with E-state index in [9.17, 15) is 23.1 Å². The molecule has 5 N–H and O–H groups in total. The van der Waals surface area contributed by atoms with E-state index in [1.807, 2.05) is 0 Å². The number of pyridine rings is 1. The van der Waals surface area contributed by atoms with Crippen LogP contribution in [-0.4, -0.2) is 49.6 Å². The Morgan fingerprint density at radius 2 is 1.92 bits per heavy atom. The number of amidine groups is 1. The first-order valence-electron chi connectivity index (χ1n) is 12.1. The number of sulfonamides is 1. The maximum atomic E-state index is 15.6. The summed E-state index contributed by atoms with van der Waals surface area (Å²) in [5, 5.41) is 15.4. The maximum Gasteiger partial charge on any atom is 0.341 e. The number of carbonyl (C=O) groups is 1. The molecular weight excluding hydrogens is 517 g/mol. The molecule has 6 rings (SSSR count). The van der Waals surface area contributed by atoms with Crippen molar-refractivity contribution in [2.75, 3.05) is 30.7 Å². The fraction of sp³-hybridized carbons (Fsp3) is 0.320. The third kappa shape index (κ3) is 3.45. The van der Waals surface area contributed by atoms with Crippen molar-refractivity contribution in [3.63, 3.8) is 0 Å². The number of benzene rings is 2. The second-order valence-electron chi connectivity index (χ2n) is 9.69. The van der Waals surface area contributed by atoms with Gasteiger partial charge in [0.2, 0.25) is 5.43 Å². The minimum absolute atomic E-state index is 0.0535. The van der Waals surface area contributed by atoms with Crippen molar-refractivity contribution in [1.82, 2.24) is 9.88 Å². The van der Waals surface area contributed by atoms with Gasteiger partial charge in [0.1, 0.15) is 28.6 Å². The van der Waals surface area contributed by atoms with Crippen LogP contribution in [0.2, 0.25) is 0 Å². The lowest BCUT2D eigenvalue weighted by atomic mass is 9.93. The highest BCUT2D eigenvalue weighted by Crippen LogP contribution is 2.48. The van der Waals surface area contributed by atoms with Gasteiger partial charge in [-0.15, -0.1) is 4.40 Å². The van der Waals surface area contributed by atoms with Gasteiger partial charge in [0.15, 0.2) is 11.6 Å². The molecule has 198 valence electrons. The van der Waals surface area contributed by atoms with Crippen LogP contribution in [0.3, 0.4) is 0 Å². The number of nitrogen functional groups attached to an aromatic ring is 1. The number of hydrogen-bond donors (Lipinski definition) is 4. The van der Waals surface area contributed by atoms with E-state index in [0.29, 0.717) is 5.56 Å². The fourth-order valence-electron chi connectivity index (χ4n) is 5.67. The normalized spacial score (nSPS) is 18.2. The molecule has 2 aliphatic heterocycles. The smallest absolute Gasteiger partial charge is 0.341 e. The van der Waals surface area contributed by atoms with E-state index in [1.165, 1.54) is 12.3 Å². The lowest BCUT2D eigenvalue weighted by Crippen LogP contribution is -2.42. The summed E-state index contributed by atoms with van der Waals surface area (Å²) in [6.45, 7) is 0.495. The minimum atomic E-state index is -3.78. The Morgan fingerprint density at radius 3 is 2.66 bits per heavy atom. The first-order valence-corrected chi connectivity index (χ1v) is 13.6. The Morgan fingerprint density at radius 1 is 1.21 bits per heavy atom. The van der Waals surface area contributed by atoms with Crippen molar-refractivity contribution >= 4 is 44.1 Å². The molecule has 11 nitrogen and oxygen atoms in total. The molecule has 0 bridgehead atoms. The number of rotatable bonds is 5. The van der Waals surface area contributed by atoms with Crippen molar-refractivity contribution in [1.29, 1.82) is 0 Å². The monoisotopic (exact) mass is 541 g/mol. The van der Waals surface area contributed by atoms with E-state index in [0.717, 1.165) is 25.7 Å². The van der Waals surface area contributed by atoms with Crippen LogP contribution in [0.15, 0.2) is 44.6 Å². The van der Waals surface area contributed by atoms with E-state index < -0.39 is 44.0 Å². The second-order valence-corrected chi connectivity index (χ2v) is 11.3. The highest BCUT2D eigenvalue weighted by atomic mass is 32.2. The van der Waals surface area contributed by atoms with Crippen molar-refractivity contribution in [3.8, 4) is 5.75 Å². The summed E-state index contributed by atoms with van der Waals surface area (Å²) < 4.78 is 51.7. The van der Waals surface area contributed by atoms with E-state index >= 15 is 4.39 Å². The number of aromatic carboxylic acids is 1. The lowest BCUT2D eigenvalue weighted by Gasteiger charge is -2.39. The average Bonchev–Trinajstić information content (AvgIpc) is 3.46. The topological polar surface area (TPSA) is 165 Å². The van der Waals surface area contributed by atoms with E-state index in [-0.39, 0.29) is 52.8 Å². The molecule has 1 aromatic heterocycles. The molecule has 0 atom stereocenters. The minimum Gasteiger partial charge on any atom is -0.487 e. The summed E-state index contributed by atoms with van der Waals surface area (Å²) in [4.78, 5) is 25.0. The molecule has 0 saturated heterocycles. The Labute approximate surface area is 216 Å². The molecule has 13 heteroatoms. The number of fused-ring (bicyclic) bond motifs is 2. The third-order valence-corrected chi connectivity index (χ3v) is 8.82. The molecule has 3 aromatic rings. The van der Waals surface area contributed by atoms with Crippen LogP contribution >= 0.6 is 0 Å². The number of nitrogens with two attached hydrogens (primary N) is 1. The zero-order valence-electron chi connectivity index (χ0n) is 20.1. The van der Waals surface area contributed by atoms with Crippen LogP contribution in [0.1, 0.15) is 41.6 Å². The summed E-state index contributed by atoms with van der Waals surface area (Å²) in [6.07, 6.45) is 4.58. The molecule has 0 unspecified atom stereocenters.